The van der Waals surface area contributed by atoms with Gasteiger partial charge in [0.1, 0.15) is 0 Å². The molecule has 1 aliphatic rings. The molecule has 1 amide bonds. The zero-order chi connectivity index (χ0) is 23.6. The van der Waals surface area contributed by atoms with E-state index in [-0.39, 0.29) is 22.5 Å². The van der Waals surface area contributed by atoms with E-state index in [4.69, 9.17) is 14.2 Å². The van der Waals surface area contributed by atoms with Gasteiger partial charge in [0.15, 0.2) is 11.5 Å². The monoisotopic (exact) mass is 435 g/mol. The smallest absolute Gasteiger partial charge is 0.340 e. The van der Waals surface area contributed by atoms with Crippen LogP contribution in [0, 0.1) is 0 Å². The number of anilines is 1. The fraction of sp³-hybridized carbons (Fsp3) is 0.308. The number of hydrogen-bond donors (Lipinski definition) is 0. The number of benzene rings is 2. The molecule has 0 saturated heterocycles. The van der Waals surface area contributed by atoms with E-state index in [1.54, 1.807) is 38.3 Å². The predicted octanol–water partition coefficient (Wildman–Crippen LogP) is 4.88. The first-order chi connectivity index (χ1) is 15.1. The van der Waals surface area contributed by atoms with Crippen molar-refractivity contribution in [2.75, 3.05) is 26.2 Å². The van der Waals surface area contributed by atoms with Crippen LogP contribution in [-0.2, 0) is 19.7 Å². The predicted molar refractivity (Wildman–Crippen MR) is 125 cm³/mol. The van der Waals surface area contributed by atoms with E-state index in [1.165, 1.54) is 24.7 Å². The SMILES string of the molecule is COC(=O)C1=C(C)N(c2ccc(OC)c(OC)c2)C(=O)/C1=C\c1ccc(C(C)(C)C)cc1. The summed E-state index contributed by atoms with van der Waals surface area (Å²) in [5, 5.41) is 0. The highest BCUT2D eigenvalue weighted by Gasteiger charge is 2.38. The Morgan fingerprint density at radius 1 is 0.938 bits per heavy atom. The van der Waals surface area contributed by atoms with E-state index >= 15 is 0 Å². The number of hydrogen-bond acceptors (Lipinski definition) is 5. The summed E-state index contributed by atoms with van der Waals surface area (Å²) in [4.78, 5) is 27.6. The van der Waals surface area contributed by atoms with Crippen LogP contribution in [0.15, 0.2) is 59.3 Å². The van der Waals surface area contributed by atoms with Gasteiger partial charge in [-0.25, -0.2) is 4.79 Å². The number of esters is 1. The molecule has 0 saturated carbocycles. The van der Waals surface area contributed by atoms with E-state index < -0.39 is 5.97 Å². The first-order valence-electron chi connectivity index (χ1n) is 10.3. The standard InChI is InChI=1S/C26H29NO5/c1-16-23(25(29)32-7)20(14-17-8-10-18(11-9-17)26(2,3)4)24(28)27(16)19-12-13-21(30-5)22(15-19)31-6/h8-15H,1-7H3/b20-14-. The highest BCUT2D eigenvalue weighted by Crippen LogP contribution is 2.39. The Bertz CT molecular complexity index is 1100. The van der Waals surface area contributed by atoms with Crippen molar-refractivity contribution in [2.24, 2.45) is 0 Å². The number of rotatable bonds is 5. The molecule has 3 rings (SSSR count). The molecule has 0 aromatic heterocycles. The summed E-state index contributed by atoms with van der Waals surface area (Å²) in [7, 11) is 4.38. The fourth-order valence-electron chi connectivity index (χ4n) is 3.70. The van der Waals surface area contributed by atoms with E-state index in [2.05, 4.69) is 20.8 Å². The van der Waals surface area contributed by atoms with Gasteiger partial charge in [-0.05, 0) is 41.7 Å². The lowest BCUT2D eigenvalue weighted by atomic mass is 9.86. The molecule has 0 atom stereocenters. The highest BCUT2D eigenvalue weighted by atomic mass is 16.5. The van der Waals surface area contributed by atoms with Gasteiger partial charge >= 0.3 is 5.97 Å². The third-order valence-electron chi connectivity index (χ3n) is 5.50. The minimum atomic E-state index is -0.559. The van der Waals surface area contributed by atoms with Crippen molar-refractivity contribution >= 4 is 23.6 Å². The van der Waals surface area contributed by atoms with Crippen LogP contribution in [-0.4, -0.2) is 33.2 Å². The van der Waals surface area contributed by atoms with Gasteiger partial charge in [0, 0.05) is 11.8 Å². The molecule has 2 aromatic rings. The third kappa shape index (κ3) is 4.26. The molecule has 6 heteroatoms. The maximum Gasteiger partial charge on any atom is 0.340 e. The quantitative estimate of drug-likeness (QED) is 0.495. The van der Waals surface area contributed by atoms with Gasteiger partial charge in [-0.3, -0.25) is 9.69 Å². The molecule has 6 nitrogen and oxygen atoms in total. The van der Waals surface area contributed by atoms with Crippen LogP contribution in [0.5, 0.6) is 11.5 Å². The lowest BCUT2D eigenvalue weighted by molar-refractivity contribution is -0.136. The summed E-state index contributed by atoms with van der Waals surface area (Å²) < 4.78 is 15.7. The first kappa shape index (κ1) is 23.1. The molecule has 168 valence electrons. The first-order valence-corrected chi connectivity index (χ1v) is 10.3. The number of amides is 1. The van der Waals surface area contributed by atoms with E-state index in [1.807, 2.05) is 24.3 Å². The summed E-state index contributed by atoms with van der Waals surface area (Å²) in [6, 6.07) is 13.1. The third-order valence-corrected chi connectivity index (χ3v) is 5.50. The minimum Gasteiger partial charge on any atom is -0.493 e. The van der Waals surface area contributed by atoms with Crippen LogP contribution >= 0.6 is 0 Å². The second-order valence-electron chi connectivity index (χ2n) is 8.56. The van der Waals surface area contributed by atoms with Crippen LogP contribution in [0.3, 0.4) is 0 Å². The number of methoxy groups -OCH3 is 3. The molecule has 0 spiro atoms. The summed E-state index contributed by atoms with van der Waals surface area (Å²) in [5.74, 6) is 0.166. The van der Waals surface area contributed by atoms with Crippen molar-refractivity contribution in [3.05, 3.63) is 70.4 Å². The van der Waals surface area contributed by atoms with Crippen molar-refractivity contribution in [3.63, 3.8) is 0 Å². The van der Waals surface area contributed by atoms with Gasteiger partial charge in [0.05, 0.1) is 38.2 Å². The molecule has 2 aromatic carbocycles. The highest BCUT2D eigenvalue weighted by molar-refractivity contribution is 6.23. The lowest BCUT2D eigenvalue weighted by Crippen LogP contribution is -2.24. The number of carbonyl (C=O) groups is 2. The van der Waals surface area contributed by atoms with Crippen LogP contribution in [0.2, 0.25) is 0 Å². The maximum atomic E-state index is 13.5. The number of allylic oxidation sites excluding steroid dienone is 1. The molecule has 0 radical (unpaired) electrons. The van der Waals surface area contributed by atoms with Crippen molar-refractivity contribution in [3.8, 4) is 11.5 Å². The van der Waals surface area contributed by atoms with Gasteiger partial charge in [-0.15, -0.1) is 0 Å². The Kier molecular flexibility index (Phi) is 6.44. The maximum absolute atomic E-state index is 13.5. The summed E-state index contributed by atoms with van der Waals surface area (Å²) in [5.41, 5.74) is 3.62. The van der Waals surface area contributed by atoms with E-state index in [9.17, 15) is 9.59 Å². The van der Waals surface area contributed by atoms with Crippen molar-refractivity contribution < 1.29 is 23.8 Å². The zero-order valence-corrected chi connectivity index (χ0v) is 19.6. The number of nitrogens with zero attached hydrogens (tertiary/aromatic N) is 1. The average Bonchev–Trinajstić information content (AvgIpc) is 3.01. The number of ether oxygens (including phenoxy) is 3. The molecular formula is C26H29NO5. The molecular weight excluding hydrogens is 406 g/mol. The molecule has 1 heterocycles. The normalized spacial score (nSPS) is 15.4. The zero-order valence-electron chi connectivity index (χ0n) is 19.6. The summed E-state index contributed by atoms with van der Waals surface area (Å²) >= 11 is 0. The van der Waals surface area contributed by atoms with Crippen molar-refractivity contribution in [1.82, 2.24) is 0 Å². The Labute approximate surface area is 189 Å². The molecule has 0 fully saturated rings. The molecule has 0 unspecified atom stereocenters. The second-order valence-corrected chi connectivity index (χ2v) is 8.56. The van der Waals surface area contributed by atoms with Crippen LogP contribution in [0.4, 0.5) is 5.69 Å². The van der Waals surface area contributed by atoms with Gasteiger partial charge in [0.25, 0.3) is 5.91 Å². The lowest BCUT2D eigenvalue weighted by Gasteiger charge is -2.20. The molecule has 0 aliphatic carbocycles. The Morgan fingerprint density at radius 3 is 2.09 bits per heavy atom. The average molecular weight is 436 g/mol. The Balaban J connectivity index is 2.09. The van der Waals surface area contributed by atoms with Crippen LogP contribution < -0.4 is 14.4 Å². The Morgan fingerprint density at radius 2 is 1.56 bits per heavy atom. The van der Waals surface area contributed by atoms with Crippen molar-refractivity contribution in [1.29, 1.82) is 0 Å². The van der Waals surface area contributed by atoms with Gasteiger partial charge in [-0.2, -0.15) is 0 Å². The minimum absolute atomic E-state index is 0.0206. The fourth-order valence-corrected chi connectivity index (χ4v) is 3.70. The Hall–Kier alpha value is -3.54. The van der Waals surface area contributed by atoms with Crippen LogP contribution in [0.1, 0.15) is 38.8 Å². The van der Waals surface area contributed by atoms with Crippen LogP contribution in [0.25, 0.3) is 6.08 Å². The topological polar surface area (TPSA) is 65.1 Å². The van der Waals surface area contributed by atoms with Gasteiger partial charge in [-0.1, -0.05) is 45.0 Å². The van der Waals surface area contributed by atoms with Crippen molar-refractivity contribution in [2.45, 2.75) is 33.1 Å². The molecule has 1 aliphatic heterocycles. The van der Waals surface area contributed by atoms with E-state index in [0.717, 1.165) is 5.56 Å². The molecule has 0 N–H and O–H groups in total. The van der Waals surface area contributed by atoms with Gasteiger partial charge < -0.3 is 14.2 Å². The number of carbonyl (C=O) groups excluding carboxylic acids is 2. The van der Waals surface area contributed by atoms with Gasteiger partial charge in [0.2, 0.25) is 0 Å². The second kappa shape index (κ2) is 8.91. The summed E-state index contributed by atoms with van der Waals surface area (Å²) in [6.07, 6.45) is 1.73. The molecule has 32 heavy (non-hydrogen) atoms. The molecule has 0 bridgehead atoms. The summed E-state index contributed by atoms with van der Waals surface area (Å²) in [6.45, 7) is 8.15. The van der Waals surface area contributed by atoms with E-state index in [0.29, 0.717) is 22.9 Å². The largest absolute Gasteiger partial charge is 0.493 e.